The van der Waals surface area contributed by atoms with Crippen molar-refractivity contribution in [2.45, 2.75) is 51.9 Å². The van der Waals surface area contributed by atoms with Crippen LogP contribution in [0.3, 0.4) is 0 Å². The van der Waals surface area contributed by atoms with Crippen molar-refractivity contribution in [2.24, 2.45) is 17.8 Å². The molecule has 0 aromatic carbocycles. The van der Waals surface area contributed by atoms with Crippen molar-refractivity contribution in [2.75, 3.05) is 26.7 Å². The van der Waals surface area contributed by atoms with Crippen LogP contribution < -0.4 is 5.32 Å². The molecule has 0 spiro atoms. The van der Waals surface area contributed by atoms with E-state index in [4.69, 9.17) is 0 Å². The van der Waals surface area contributed by atoms with Gasteiger partial charge in [0.25, 0.3) is 0 Å². The van der Waals surface area contributed by atoms with E-state index in [2.05, 4.69) is 12.2 Å². The van der Waals surface area contributed by atoms with Crippen LogP contribution in [-0.4, -0.2) is 37.5 Å². The van der Waals surface area contributed by atoms with Crippen molar-refractivity contribution in [1.29, 1.82) is 0 Å². The topological polar surface area (TPSA) is 32.3 Å². The van der Waals surface area contributed by atoms with Crippen LogP contribution in [0.5, 0.6) is 0 Å². The first-order valence-corrected chi connectivity index (χ1v) is 8.11. The quantitative estimate of drug-likeness (QED) is 0.829. The third kappa shape index (κ3) is 4.48. The fourth-order valence-electron chi connectivity index (χ4n) is 3.69. The van der Waals surface area contributed by atoms with E-state index in [-0.39, 0.29) is 0 Å². The molecule has 1 amide bonds. The van der Waals surface area contributed by atoms with E-state index >= 15 is 0 Å². The van der Waals surface area contributed by atoms with Crippen LogP contribution in [0.15, 0.2) is 0 Å². The minimum Gasteiger partial charge on any atom is -0.345 e. The van der Waals surface area contributed by atoms with E-state index in [9.17, 15) is 4.79 Å². The van der Waals surface area contributed by atoms with Crippen molar-refractivity contribution in [3.63, 3.8) is 0 Å². The number of nitrogens with zero attached hydrogens (tertiary/aromatic N) is 1. The summed E-state index contributed by atoms with van der Waals surface area (Å²) >= 11 is 0. The standard InChI is InChI=1S/C16H30N2O/c1-13(15-7-9-17-10-8-15)11-16(19)18(2)12-14-5-3-4-6-14/h13-15,17H,3-12H2,1-2H3. The molecule has 1 saturated carbocycles. The molecule has 3 heteroatoms. The third-order valence-corrected chi connectivity index (χ3v) is 5.12. The van der Waals surface area contributed by atoms with Gasteiger partial charge in [0, 0.05) is 20.0 Å². The van der Waals surface area contributed by atoms with Gasteiger partial charge in [-0.25, -0.2) is 0 Å². The predicted octanol–water partition coefficient (Wildman–Crippen LogP) is 2.66. The fraction of sp³-hybridized carbons (Fsp3) is 0.938. The highest BCUT2D eigenvalue weighted by Crippen LogP contribution is 2.27. The van der Waals surface area contributed by atoms with Crippen molar-refractivity contribution >= 4 is 5.91 Å². The van der Waals surface area contributed by atoms with Gasteiger partial charge in [-0.15, -0.1) is 0 Å². The first kappa shape index (κ1) is 14.8. The van der Waals surface area contributed by atoms with Crippen molar-refractivity contribution < 1.29 is 4.79 Å². The molecule has 0 aromatic heterocycles. The van der Waals surface area contributed by atoms with Gasteiger partial charge in [-0.1, -0.05) is 19.8 Å². The van der Waals surface area contributed by atoms with Gasteiger partial charge in [0.15, 0.2) is 0 Å². The van der Waals surface area contributed by atoms with Gasteiger partial charge >= 0.3 is 0 Å². The molecule has 3 nitrogen and oxygen atoms in total. The number of nitrogens with one attached hydrogen (secondary N) is 1. The Morgan fingerprint density at radius 3 is 2.47 bits per heavy atom. The zero-order valence-electron chi connectivity index (χ0n) is 12.7. The lowest BCUT2D eigenvalue weighted by Crippen LogP contribution is -2.35. The average molecular weight is 266 g/mol. The smallest absolute Gasteiger partial charge is 0.222 e. The summed E-state index contributed by atoms with van der Waals surface area (Å²) in [5.74, 6) is 2.41. The summed E-state index contributed by atoms with van der Waals surface area (Å²) in [7, 11) is 2.00. The van der Waals surface area contributed by atoms with Crippen LogP contribution in [0.2, 0.25) is 0 Å². The van der Waals surface area contributed by atoms with Crippen LogP contribution in [-0.2, 0) is 4.79 Å². The van der Waals surface area contributed by atoms with Crippen molar-refractivity contribution in [3.05, 3.63) is 0 Å². The number of carbonyl (C=O) groups excluding carboxylic acids is 1. The van der Waals surface area contributed by atoms with Gasteiger partial charge in [0.05, 0.1) is 0 Å². The monoisotopic (exact) mass is 266 g/mol. The molecule has 1 aliphatic heterocycles. The summed E-state index contributed by atoms with van der Waals surface area (Å²) in [6, 6.07) is 0. The molecule has 1 N–H and O–H groups in total. The van der Waals surface area contributed by atoms with Crippen LogP contribution in [0, 0.1) is 17.8 Å². The molecule has 1 heterocycles. The summed E-state index contributed by atoms with van der Waals surface area (Å²) in [4.78, 5) is 14.3. The van der Waals surface area contributed by atoms with E-state index in [1.54, 1.807) is 0 Å². The summed E-state index contributed by atoms with van der Waals surface area (Å²) in [6.07, 6.45) is 8.58. The molecule has 110 valence electrons. The molecule has 1 saturated heterocycles. The highest BCUT2D eigenvalue weighted by atomic mass is 16.2. The number of carbonyl (C=O) groups is 1. The molecule has 0 bridgehead atoms. The van der Waals surface area contributed by atoms with E-state index in [1.807, 2.05) is 11.9 Å². The summed E-state index contributed by atoms with van der Waals surface area (Å²) in [6.45, 7) is 5.50. The molecule has 2 rings (SSSR count). The molecule has 1 atom stereocenters. The Morgan fingerprint density at radius 2 is 1.84 bits per heavy atom. The van der Waals surface area contributed by atoms with Gasteiger partial charge in [-0.3, -0.25) is 4.79 Å². The maximum Gasteiger partial charge on any atom is 0.222 e. The van der Waals surface area contributed by atoms with Gasteiger partial charge < -0.3 is 10.2 Å². The predicted molar refractivity (Wildman–Crippen MR) is 79.0 cm³/mol. The fourth-order valence-corrected chi connectivity index (χ4v) is 3.69. The SMILES string of the molecule is CC(CC(=O)N(C)CC1CCCC1)C1CCNCC1. The highest BCUT2D eigenvalue weighted by molar-refractivity contribution is 5.76. The number of hydrogen-bond acceptors (Lipinski definition) is 2. The summed E-state index contributed by atoms with van der Waals surface area (Å²) in [5.41, 5.74) is 0. The zero-order valence-corrected chi connectivity index (χ0v) is 12.7. The largest absolute Gasteiger partial charge is 0.345 e. The Balaban J connectivity index is 1.72. The second-order valence-electron chi connectivity index (χ2n) is 6.69. The minimum atomic E-state index is 0.359. The molecular formula is C16H30N2O. The van der Waals surface area contributed by atoms with Crippen molar-refractivity contribution in [3.8, 4) is 0 Å². The second kappa shape index (κ2) is 7.28. The molecule has 2 aliphatic rings. The lowest BCUT2D eigenvalue weighted by atomic mass is 9.84. The maximum atomic E-state index is 12.3. The Labute approximate surface area is 118 Å². The Morgan fingerprint density at radius 1 is 1.21 bits per heavy atom. The van der Waals surface area contributed by atoms with E-state index in [1.165, 1.54) is 38.5 Å². The van der Waals surface area contributed by atoms with Gasteiger partial charge in [-0.2, -0.15) is 0 Å². The highest BCUT2D eigenvalue weighted by Gasteiger charge is 2.24. The Hall–Kier alpha value is -0.570. The second-order valence-corrected chi connectivity index (χ2v) is 6.69. The molecule has 1 unspecified atom stereocenters. The molecule has 1 aliphatic carbocycles. The first-order chi connectivity index (χ1) is 9.16. The van der Waals surface area contributed by atoms with Crippen LogP contribution in [0.1, 0.15) is 51.9 Å². The number of piperidine rings is 1. The van der Waals surface area contributed by atoms with Crippen LogP contribution in [0.4, 0.5) is 0 Å². The summed E-state index contributed by atoms with van der Waals surface area (Å²) < 4.78 is 0. The van der Waals surface area contributed by atoms with Crippen LogP contribution in [0.25, 0.3) is 0 Å². The molecular weight excluding hydrogens is 236 g/mol. The molecule has 19 heavy (non-hydrogen) atoms. The number of rotatable bonds is 5. The maximum absolute atomic E-state index is 12.3. The molecule has 0 radical (unpaired) electrons. The first-order valence-electron chi connectivity index (χ1n) is 8.11. The third-order valence-electron chi connectivity index (χ3n) is 5.12. The molecule has 0 aromatic rings. The Bertz CT molecular complexity index is 280. The van der Waals surface area contributed by atoms with Gasteiger partial charge in [0.2, 0.25) is 5.91 Å². The van der Waals surface area contributed by atoms with Gasteiger partial charge in [0.1, 0.15) is 0 Å². The lowest BCUT2D eigenvalue weighted by molar-refractivity contribution is -0.131. The zero-order chi connectivity index (χ0) is 13.7. The molecule has 2 fully saturated rings. The van der Waals surface area contributed by atoms with E-state index in [0.717, 1.165) is 37.9 Å². The van der Waals surface area contributed by atoms with Gasteiger partial charge in [-0.05, 0) is 56.5 Å². The minimum absolute atomic E-state index is 0.359. The van der Waals surface area contributed by atoms with Crippen molar-refractivity contribution in [1.82, 2.24) is 10.2 Å². The Kier molecular flexibility index (Phi) is 5.68. The average Bonchev–Trinajstić information content (AvgIpc) is 2.92. The van der Waals surface area contributed by atoms with E-state index < -0.39 is 0 Å². The number of hydrogen-bond donors (Lipinski definition) is 1. The van der Waals surface area contributed by atoms with Crippen LogP contribution >= 0.6 is 0 Å². The lowest BCUT2D eigenvalue weighted by Gasteiger charge is -2.29. The normalized spacial score (nSPS) is 23.5. The van der Waals surface area contributed by atoms with E-state index in [0.29, 0.717) is 11.8 Å². The summed E-state index contributed by atoms with van der Waals surface area (Å²) in [5, 5.41) is 3.40. The number of amides is 1.